The van der Waals surface area contributed by atoms with Crippen molar-refractivity contribution in [1.82, 2.24) is 15.2 Å². The second kappa shape index (κ2) is 6.98. The largest absolute Gasteiger partial charge is 0.361 e. The molecule has 0 bridgehead atoms. The van der Waals surface area contributed by atoms with Gasteiger partial charge in [-0.25, -0.2) is 0 Å². The van der Waals surface area contributed by atoms with Crippen LogP contribution in [0.15, 0.2) is 36.0 Å². The molecule has 7 nitrogen and oxygen atoms in total. The summed E-state index contributed by atoms with van der Waals surface area (Å²) >= 11 is 1.33. The quantitative estimate of drug-likeness (QED) is 0.547. The lowest BCUT2D eigenvalue weighted by molar-refractivity contribution is -0.112. The fraction of sp³-hybridized carbons (Fsp3) is 0.222. The van der Waals surface area contributed by atoms with Crippen molar-refractivity contribution >= 4 is 44.5 Å². The van der Waals surface area contributed by atoms with E-state index >= 15 is 0 Å². The van der Waals surface area contributed by atoms with Gasteiger partial charge in [0.05, 0.1) is 0 Å². The summed E-state index contributed by atoms with van der Waals surface area (Å²) < 4.78 is 0. The van der Waals surface area contributed by atoms with E-state index in [2.05, 4.69) is 25.4 Å². The maximum absolute atomic E-state index is 12.4. The van der Waals surface area contributed by atoms with E-state index in [1.807, 2.05) is 30.3 Å². The van der Waals surface area contributed by atoms with Crippen LogP contribution in [0.2, 0.25) is 0 Å². The Morgan fingerprint density at radius 2 is 2.12 bits per heavy atom. The van der Waals surface area contributed by atoms with E-state index in [-0.39, 0.29) is 5.57 Å². The summed E-state index contributed by atoms with van der Waals surface area (Å²) in [7, 11) is 0. The molecular formula is C18H16N6OS. The lowest BCUT2D eigenvalue weighted by Gasteiger charge is -2.10. The second-order valence-corrected chi connectivity index (χ2v) is 6.95. The van der Waals surface area contributed by atoms with Crippen LogP contribution in [0.4, 0.5) is 10.3 Å². The Labute approximate surface area is 154 Å². The van der Waals surface area contributed by atoms with E-state index < -0.39 is 5.91 Å². The van der Waals surface area contributed by atoms with Gasteiger partial charge in [0.15, 0.2) is 0 Å². The molecule has 3 aromatic rings. The van der Waals surface area contributed by atoms with Gasteiger partial charge < -0.3 is 9.88 Å². The van der Waals surface area contributed by atoms with E-state index in [9.17, 15) is 10.1 Å². The normalized spacial score (nSPS) is 14.6. The minimum atomic E-state index is -0.484. The predicted molar refractivity (Wildman–Crippen MR) is 102 cm³/mol. The zero-order chi connectivity index (χ0) is 17.9. The van der Waals surface area contributed by atoms with Gasteiger partial charge in [-0.05, 0) is 25.0 Å². The molecule has 1 aliphatic rings. The molecule has 130 valence electrons. The summed E-state index contributed by atoms with van der Waals surface area (Å²) in [6, 6.07) is 9.70. The van der Waals surface area contributed by atoms with Gasteiger partial charge in [0.25, 0.3) is 5.91 Å². The summed E-state index contributed by atoms with van der Waals surface area (Å²) in [4.78, 5) is 17.7. The minimum Gasteiger partial charge on any atom is -0.361 e. The third-order valence-electron chi connectivity index (χ3n) is 4.30. The van der Waals surface area contributed by atoms with Crippen molar-refractivity contribution in [3.8, 4) is 6.07 Å². The van der Waals surface area contributed by atoms with Crippen LogP contribution in [-0.2, 0) is 4.79 Å². The summed E-state index contributed by atoms with van der Waals surface area (Å²) in [5.74, 6) is -0.484. The first-order chi connectivity index (χ1) is 12.7. The van der Waals surface area contributed by atoms with E-state index in [1.54, 1.807) is 12.3 Å². The van der Waals surface area contributed by atoms with Crippen LogP contribution in [0, 0.1) is 11.3 Å². The lowest BCUT2D eigenvalue weighted by Crippen LogP contribution is -2.17. The molecule has 0 spiro atoms. The molecule has 3 heterocycles. The summed E-state index contributed by atoms with van der Waals surface area (Å²) in [6.45, 7) is 1.93. The van der Waals surface area contributed by atoms with Gasteiger partial charge in [-0.3, -0.25) is 10.1 Å². The van der Waals surface area contributed by atoms with Crippen molar-refractivity contribution in [2.45, 2.75) is 12.8 Å². The molecule has 1 aliphatic heterocycles. The zero-order valence-electron chi connectivity index (χ0n) is 13.9. The molecule has 26 heavy (non-hydrogen) atoms. The van der Waals surface area contributed by atoms with E-state index in [1.165, 1.54) is 11.3 Å². The molecule has 1 amide bonds. The summed E-state index contributed by atoms with van der Waals surface area (Å²) in [5, 5.41) is 22.4. The molecule has 8 heteroatoms. The number of carbonyl (C=O) groups excluding carboxylic acids is 1. The first kappa shape index (κ1) is 16.3. The lowest BCUT2D eigenvalue weighted by atomic mass is 10.1. The number of fused-ring (bicyclic) bond motifs is 1. The van der Waals surface area contributed by atoms with Crippen LogP contribution < -0.4 is 10.2 Å². The van der Waals surface area contributed by atoms with E-state index in [4.69, 9.17) is 0 Å². The van der Waals surface area contributed by atoms with Gasteiger partial charge in [-0.2, -0.15) is 5.26 Å². The molecule has 2 aromatic heterocycles. The third kappa shape index (κ3) is 3.17. The van der Waals surface area contributed by atoms with Crippen LogP contribution in [0.5, 0.6) is 0 Å². The molecule has 0 radical (unpaired) electrons. The predicted octanol–water partition coefficient (Wildman–Crippen LogP) is 3.17. The summed E-state index contributed by atoms with van der Waals surface area (Å²) in [5.41, 5.74) is 1.77. The molecule has 0 unspecified atom stereocenters. The van der Waals surface area contributed by atoms with Crippen molar-refractivity contribution in [2.24, 2.45) is 0 Å². The van der Waals surface area contributed by atoms with Gasteiger partial charge >= 0.3 is 0 Å². The van der Waals surface area contributed by atoms with Gasteiger partial charge in [0.2, 0.25) is 10.3 Å². The number of H-pyrrole nitrogens is 1. The highest BCUT2D eigenvalue weighted by Gasteiger charge is 2.18. The zero-order valence-corrected chi connectivity index (χ0v) is 14.7. The smallest absolute Gasteiger partial charge is 0.268 e. The Hall–Kier alpha value is -3.18. The van der Waals surface area contributed by atoms with Crippen molar-refractivity contribution < 1.29 is 4.79 Å². The van der Waals surface area contributed by atoms with Crippen LogP contribution in [-0.4, -0.2) is 34.2 Å². The standard InChI is InChI=1S/C18H16N6OS/c19-10-12(9-13-11-20-15-6-2-1-5-14(13)15)16(25)21-17-22-23-18(26-17)24-7-3-4-8-24/h1-2,5-6,9,11,20H,3-4,7-8H2,(H,21,22,25)/b12-9-. The number of nitriles is 1. The Morgan fingerprint density at radius 3 is 2.92 bits per heavy atom. The number of nitrogens with one attached hydrogen (secondary N) is 2. The average molecular weight is 364 g/mol. The van der Waals surface area contributed by atoms with Crippen molar-refractivity contribution in [1.29, 1.82) is 5.26 Å². The number of aromatic amines is 1. The van der Waals surface area contributed by atoms with E-state index in [0.29, 0.717) is 5.13 Å². The highest BCUT2D eigenvalue weighted by molar-refractivity contribution is 7.19. The molecule has 1 saturated heterocycles. The number of benzene rings is 1. The minimum absolute atomic E-state index is 0.0210. The van der Waals surface area contributed by atoms with Crippen LogP contribution in [0.1, 0.15) is 18.4 Å². The topological polar surface area (TPSA) is 97.7 Å². The molecule has 0 atom stereocenters. The fourth-order valence-corrected chi connectivity index (χ4v) is 3.78. The molecule has 2 N–H and O–H groups in total. The monoisotopic (exact) mass is 364 g/mol. The first-order valence-electron chi connectivity index (χ1n) is 8.32. The number of carbonyl (C=O) groups is 1. The molecule has 1 aromatic carbocycles. The number of nitrogens with zero attached hydrogens (tertiary/aromatic N) is 4. The Bertz CT molecular complexity index is 1020. The molecule has 0 aliphatic carbocycles. The Balaban J connectivity index is 1.53. The highest BCUT2D eigenvalue weighted by Crippen LogP contribution is 2.27. The first-order valence-corrected chi connectivity index (χ1v) is 9.14. The average Bonchev–Trinajstić information content (AvgIpc) is 3.40. The number of hydrogen-bond acceptors (Lipinski definition) is 6. The number of anilines is 2. The van der Waals surface area contributed by atoms with Crippen LogP contribution in [0.25, 0.3) is 17.0 Å². The fourth-order valence-electron chi connectivity index (χ4n) is 2.98. The number of para-hydroxylation sites is 1. The van der Waals surface area contributed by atoms with Gasteiger partial charge in [0.1, 0.15) is 11.6 Å². The van der Waals surface area contributed by atoms with Crippen molar-refractivity contribution in [2.75, 3.05) is 23.3 Å². The number of hydrogen-bond donors (Lipinski definition) is 2. The Morgan fingerprint density at radius 1 is 1.31 bits per heavy atom. The van der Waals surface area contributed by atoms with Crippen LogP contribution >= 0.6 is 11.3 Å². The second-order valence-electron chi connectivity index (χ2n) is 6.00. The third-order valence-corrected chi connectivity index (χ3v) is 5.20. The van der Waals surface area contributed by atoms with Gasteiger partial charge in [-0.1, -0.05) is 29.5 Å². The molecule has 1 fully saturated rings. The molecular weight excluding hydrogens is 348 g/mol. The number of aromatic nitrogens is 3. The van der Waals surface area contributed by atoms with Gasteiger partial charge in [0, 0.05) is 35.8 Å². The highest BCUT2D eigenvalue weighted by atomic mass is 32.1. The maximum Gasteiger partial charge on any atom is 0.268 e. The SMILES string of the molecule is N#C/C(=C/c1c[nH]c2ccccc12)C(=O)Nc1nnc(N2CCCC2)s1. The molecule has 0 saturated carbocycles. The summed E-state index contributed by atoms with van der Waals surface area (Å²) in [6.07, 6.45) is 5.66. The molecule has 4 rings (SSSR count). The van der Waals surface area contributed by atoms with Crippen LogP contribution in [0.3, 0.4) is 0 Å². The van der Waals surface area contributed by atoms with Crippen molar-refractivity contribution in [3.05, 3.63) is 41.6 Å². The number of rotatable bonds is 4. The van der Waals surface area contributed by atoms with E-state index in [0.717, 1.165) is 47.5 Å². The maximum atomic E-state index is 12.4. The van der Waals surface area contributed by atoms with Gasteiger partial charge in [-0.15, -0.1) is 10.2 Å². The number of amides is 1. The Kier molecular flexibility index (Phi) is 4.37. The van der Waals surface area contributed by atoms with Crippen molar-refractivity contribution in [3.63, 3.8) is 0 Å².